The number of rotatable bonds is 4. The lowest BCUT2D eigenvalue weighted by atomic mass is 10.2. The molecule has 0 saturated heterocycles. The van der Waals surface area contributed by atoms with Crippen LogP contribution in [0.25, 0.3) is 21.5 Å². The lowest BCUT2D eigenvalue weighted by molar-refractivity contribution is -0.116. The third-order valence-corrected chi connectivity index (χ3v) is 4.36. The zero-order valence-electron chi connectivity index (χ0n) is 12.1. The van der Waals surface area contributed by atoms with Gasteiger partial charge in [0.15, 0.2) is 0 Å². The van der Waals surface area contributed by atoms with Gasteiger partial charge < -0.3 is 5.32 Å². The Morgan fingerprint density at radius 2 is 2.22 bits per heavy atom. The third-order valence-electron chi connectivity index (χ3n) is 3.47. The van der Waals surface area contributed by atoms with Crippen molar-refractivity contribution in [1.29, 1.82) is 0 Å². The molecule has 0 radical (unpaired) electrons. The van der Waals surface area contributed by atoms with Crippen LogP contribution in [0.1, 0.15) is 0 Å². The molecule has 0 unspecified atom stereocenters. The molecule has 6 nitrogen and oxygen atoms in total. The van der Waals surface area contributed by atoms with E-state index >= 15 is 0 Å². The molecule has 0 aliphatic carbocycles. The van der Waals surface area contributed by atoms with E-state index < -0.39 is 0 Å². The van der Waals surface area contributed by atoms with E-state index in [9.17, 15) is 4.79 Å². The lowest BCUT2D eigenvalue weighted by Gasteiger charge is -2.06. The van der Waals surface area contributed by atoms with Gasteiger partial charge in [-0.2, -0.15) is 10.2 Å². The second-order valence-corrected chi connectivity index (χ2v) is 6.01. The van der Waals surface area contributed by atoms with Crippen LogP contribution in [0, 0.1) is 0 Å². The van der Waals surface area contributed by atoms with Gasteiger partial charge in [0.2, 0.25) is 5.91 Å². The first-order valence-corrected chi connectivity index (χ1v) is 7.97. The number of amides is 1. The molecular weight excluding hydrogens is 310 g/mol. The van der Waals surface area contributed by atoms with Gasteiger partial charge in [-0.3, -0.25) is 14.6 Å². The van der Waals surface area contributed by atoms with Crippen LogP contribution >= 0.6 is 11.3 Å². The highest BCUT2D eigenvalue weighted by molar-refractivity contribution is 7.13. The van der Waals surface area contributed by atoms with Crippen LogP contribution in [0.3, 0.4) is 0 Å². The van der Waals surface area contributed by atoms with Crippen molar-refractivity contribution in [3.05, 3.63) is 54.2 Å². The fraction of sp³-hybridized carbons (Fsp3) is 0.0625. The zero-order valence-corrected chi connectivity index (χ0v) is 12.9. The maximum absolute atomic E-state index is 12.2. The fourth-order valence-corrected chi connectivity index (χ4v) is 3.11. The first-order valence-electron chi connectivity index (χ1n) is 7.09. The Labute approximate surface area is 135 Å². The van der Waals surface area contributed by atoms with Crippen molar-refractivity contribution in [1.82, 2.24) is 20.0 Å². The normalized spacial score (nSPS) is 11.0. The van der Waals surface area contributed by atoms with E-state index in [1.165, 1.54) is 0 Å². The average molecular weight is 323 g/mol. The molecular formula is C16H13N5OS. The highest BCUT2D eigenvalue weighted by Crippen LogP contribution is 2.23. The summed E-state index contributed by atoms with van der Waals surface area (Å²) in [5.41, 5.74) is 2.42. The number of hydrogen-bond acceptors (Lipinski definition) is 4. The average Bonchev–Trinajstić information content (AvgIpc) is 3.28. The molecule has 4 rings (SSSR count). The van der Waals surface area contributed by atoms with Gasteiger partial charge in [0, 0.05) is 11.6 Å². The smallest absolute Gasteiger partial charge is 0.246 e. The molecule has 0 saturated carbocycles. The Kier molecular flexibility index (Phi) is 3.39. The van der Waals surface area contributed by atoms with Crippen molar-refractivity contribution in [2.24, 2.45) is 0 Å². The molecule has 0 spiro atoms. The van der Waals surface area contributed by atoms with Gasteiger partial charge in [-0.1, -0.05) is 18.2 Å². The second kappa shape index (κ2) is 5.69. The molecule has 0 bridgehead atoms. The first kappa shape index (κ1) is 13.7. The maximum Gasteiger partial charge on any atom is 0.246 e. The maximum atomic E-state index is 12.2. The van der Waals surface area contributed by atoms with Gasteiger partial charge in [0.25, 0.3) is 0 Å². The summed E-state index contributed by atoms with van der Waals surface area (Å²) < 4.78 is 1.64. The minimum atomic E-state index is -0.132. The Hall–Kier alpha value is -2.93. The summed E-state index contributed by atoms with van der Waals surface area (Å²) in [6.07, 6.45) is 3.54. The Balaban J connectivity index is 1.49. The second-order valence-electron chi connectivity index (χ2n) is 5.06. The molecule has 23 heavy (non-hydrogen) atoms. The van der Waals surface area contributed by atoms with Crippen LogP contribution in [-0.2, 0) is 11.3 Å². The van der Waals surface area contributed by atoms with Crippen LogP contribution < -0.4 is 5.32 Å². The summed E-state index contributed by atoms with van der Waals surface area (Å²) in [5, 5.41) is 17.2. The number of anilines is 1. The minimum absolute atomic E-state index is 0.132. The van der Waals surface area contributed by atoms with E-state index in [4.69, 9.17) is 0 Å². The Bertz CT molecular complexity index is 954. The van der Waals surface area contributed by atoms with Crippen LogP contribution in [-0.4, -0.2) is 25.9 Å². The van der Waals surface area contributed by atoms with Crippen molar-refractivity contribution in [3.8, 4) is 10.6 Å². The fourth-order valence-electron chi connectivity index (χ4n) is 2.42. The number of thiophene rings is 1. The van der Waals surface area contributed by atoms with Gasteiger partial charge >= 0.3 is 0 Å². The summed E-state index contributed by atoms with van der Waals surface area (Å²) >= 11 is 1.63. The molecule has 7 heteroatoms. The number of nitrogens with zero attached hydrogens (tertiary/aromatic N) is 3. The van der Waals surface area contributed by atoms with Crippen molar-refractivity contribution in [3.63, 3.8) is 0 Å². The van der Waals surface area contributed by atoms with Gasteiger partial charge in [0.05, 0.1) is 22.3 Å². The van der Waals surface area contributed by atoms with E-state index in [2.05, 4.69) is 20.6 Å². The van der Waals surface area contributed by atoms with Crippen molar-refractivity contribution >= 4 is 33.8 Å². The number of para-hydroxylation sites is 1. The molecule has 2 N–H and O–H groups in total. The molecule has 114 valence electrons. The van der Waals surface area contributed by atoms with Crippen molar-refractivity contribution in [2.45, 2.75) is 6.54 Å². The number of carbonyl (C=O) groups is 1. The Morgan fingerprint density at radius 1 is 1.26 bits per heavy atom. The van der Waals surface area contributed by atoms with Gasteiger partial charge in [-0.15, -0.1) is 11.3 Å². The summed E-state index contributed by atoms with van der Waals surface area (Å²) in [5.74, 6) is -0.132. The topological polar surface area (TPSA) is 75.6 Å². The van der Waals surface area contributed by atoms with E-state index in [1.54, 1.807) is 22.2 Å². The predicted molar refractivity (Wildman–Crippen MR) is 90.3 cm³/mol. The van der Waals surface area contributed by atoms with Crippen molar-refractivity contribution in [2.75, 3.05) is 5.32 Å². The van der Waals surface area contributed by atoms with E-state index in [1.807, 2.05) is 48.0 Å². The van der Waals surface area contributed by atoms with Crippen LogP contribution in [0.2, 0.25) is 0 Å². The summed E-state index contributed by atoms with van der Waals surface area (Å²) in [7, 11) is 0. The number of nitrogens with one attached hydrogen (secondary N) is 2. The van der Waals surface area contributed by atoms with Crippen molar-refractivity contribution < 1.29 is 4.79 Å². The van der Waals surface area contributed by atoms with Gasteiger partial charge in [-0.05, 0) is 23.6 Å². The molecule has 3 aromatic heterocycles. The third kappa shape index (κ3) is 2.74. The predicted octanol–water partition coefficient (Wildman–Crippen LogP) is 3.13. The van der Waals surface area contributed by atoms with E-state index in [-0.39, 0.29) is 12.5 Å². The van der Waals surface area contributed by atoms with Gasteiger partial charge in [-0.25, -0.2) is 0 Å². The molecule has 1 aromatic carbocycles. The monoisotopic (exact) mass is 323 g/mol. The van der Waals surface area contributed by atoms with Crippen LogP contribution in [0.15, 0.2) is 54.2 Å². The number of hydrogen-bond donors (Lipinski definition) is 2. The summed E-state index contributed by atoms with van der Waals surface area (Å²) in [6, 6.07) is 11.6. The highest BCUT2D eigenvalue weighted by Gasteiger charge is 2.09. The lowest BCUT2D eigenvalue weighted by Crippen LogP contribution is -2.19. The standard InChI is InChI=1S/C16H13N5OS/c22-15(18-13-4-1-3-11-9-17-19-16(11)13)10-21-7-6-12(20-21)14-5-2-8-23-14/h1-9H,10H2,(H,17,19)(H,18,22). The SMILES string of the molecule is O=C(Cn1ccc(-c2cccs2)n1)Nc1cccc2cn[nH]c12. The number of benzene rings is 1. The number of aromatic nitrogens is 4. The summed E-state index contributed by atoms with van der Waals surface area (Å²) in [6.45, 7) is 0.163. The number of carbonyl (C=O) groups excluding carboxylic acids is 1. The highest BCUT2D eigenvalue weighted by atomic mass is 32.1. The largest absolute Gasteiger partial charge is 0.323 e. The van der Waals surface area contributed by atoms with E-state index in [0.29, 0.717) is 0 Å². The van der Waals surface area contributed by atoms with Crippen LogP contribution in [0.4, 0.5) is 5.69 Å². The molecule has 0 fully saturated rings. The summed E-state index contributed by atoms with van der Waals surface area (Å²) in [4.78, 5) is 13.3. The molecule has 3 heterocycles. The quantitative estimate of drug-likeness (QED) is 0.606. The molecule has 4 aromatic rings. The Morgan fingerprint density at radius 3 is 3.09 bits per heavy atom. The molecule has 1 amide bonds. The number of H-pyrrole nitrogens is 1. The van der Waals surface area contributed by atoms with E-state index in [0.717, 1.165) is 27.2 Å². The van der Waals surface area contributed by atoms with Crippen LogP contribution in [0.5, 0.6) is 0 Å². The number of fused-ring (bicyclic) bond motifs is 1. The molecule has 0 aliphatic rings. The molecule has 0 aliphatic heterocycles. The number of aromatic amines is 1. The zero-order chi connectivity index (χ0) is 15.6. The first-order chi connectivity index (χ1) is 11.3. The van der Waals surface area contributed by atoms with Gasteiger partial charge in [0.1, 0.15) is 12.2 Å². The minimum Gasteiger partial charge on any atom is -0.323 e. The molecule has 0 atom stereocenters.